The lowest BCUT2D eigenvalue weighted by Gasteiger charge is -2.22. The van der Waals surface area contributed by atoms with Gasteiger partial charge in [0.1, 0.15) is 0 Å². The summed E-state index contributed by atoms with van der Waals surface area (Å²) in [5.74, 6) is 0.707. The maximum absolute atomic E-state index is 12.3. The third kappa shape index (κ3) is 4.92. The zero-order valence-corrected chi connectivity index (χ0v) is 15.2. The summed E-state index contributed by atoms with van der Waals surface area (Å²) in [7, 11) is 0. The topological polar surface area (TPSA) is 59.0 Å². The van der Waals surface area contributed by atoms with Gasteiger partial charge < -0.3 is 10.6 Å². The third-order valence-electron chi connectivity index (χ3n) is 4.89. The molecular formula is C20H28N4O. The molecule has 1 unspecified atom stereocenters. The van der Waals surface area contributed by atoms with Crippen molar-refractivity contribution in [2.24, 2.45) is 5.92 Å². The number of aryl methyl sites for hydroxylation is 2. The summed E-state index contributed by atoms with van der Waals surface area (Å²) in [6.45, 7) is 7.75. The second-order valence-electron chi connectivity index (χ2n) is 7.04. The molecular weight excluding hydrogens is 312 g/mol. The van der Waals surface area contributed by atoms with E-state index >= 15 is 0 Å². The maximum Gasteiger partial charge on any atom is 0.251 e. The highest BCUT2D eigenvalue weighted by Gasteiger charge is 2.13. The second-order valence-corrected chi connectivity index (χ2v) is 7.04. The summed E-state index contributed by atoms with van der Waals surface area (Å²) >= 11 is 0. The molecule has 25 heavy (non-hydrogen) atoms. The van der Waals surface area contributed by atoms with Crippen molar-refractivity contribution in [3.8, 4) is 0 Å². The van der Waals surface area contributed by atoms with Gasteiger partial charge in [0.2, 0.25) is 0 Å². The van der Waals surface area contributed by atoms with Crippen molar-refractivity contribution >= 4 is 5.91 Å². The average molecular weight is 340 g/mol. The zero-order valence-electron chi connectivity index (χ0n) is 15.2. The van der Waals surface area contributed by atoms with Gasteiger partial charge in [-0.3, -0.25) is 9.48 Å². The van der Waals surface area contributed by atoms with Crippen LogP contribution < -0.4 is 10.6 Å². The van der Waals surface area contributed by atoms with Gasteiger partial charge >= 0.3 is 0 Å². The van der Waals surface area contributed by atoms with Crippen molar-refractivity contribution < 1.29 is 4.79 Å². The number of nitrogens with zero attached hydrogens (tertiary/aromatic N) is 2. The molecule has 5 heteroatoms. The van der Waals surface area contributed by atoms with Crippen LogP contribution in [0.4, 0.5) is 0 Å². The molecule has 1 aromatic heterocycles. The molecule has 1 aromatic carbocycles. The van der Waals surface area contributed by atoms with Crippen molar-refractivity contribution in [2.75, 3.05) is 19.6 Å². The van der Waals surface area contributed by atoms with Crippen LogP contribution in [-0.4, -0.2) is 35.3 Å². The summed E-state index contributed by atoms with van der Waals surface area (Å²) in [4.78, 5) is 12.3. The first-order valence-electron chi connectivity index (χ1n) is 9.21. The Balaban J connectivity index is 1.49. The molecule has 0 saturated carbocycles. The van der Waals surface area contributed by atoms with Gasteiger partial charge in [-0.05, 0) is 75.9 Å². The van der Waals surface area contributed by atoms with E-state index in [0.717, 1.165) is 55.1 Å². The van der Waals surface area contributed by atoms with Crippen LogP contribution in [0, 0.1) is 19.8 Å². The van der Waals surface area contributed by atoms with Gasteiger partial charge in [0.15, 0.2) is 0 Å². The van der Waals surface area contributed by atoms with Crippen LogP contribution in [0.15, 0.2) is 30.3 Å². The number of hydrogen-bond acceptors (Lipinski definition) is 3. The maximum atomic E-state index is 12.3. The number of piperidine rings is 1. The van der Waals surface area contributed by atoms with Gasteiger partial charge in [-0.15, -0.1) is 0 Å². The number of hydrogen-bond donors (Lipinski definition) is 2. The lowest BCUT2D eigenvalue weighted by Crippen LogP contribution is -2.33. The normalized spacial score (nSPS) is 17.4. The van der Waals surface area contributed by atoms with E-state index in [1.807, 2.05) is 35.9 Å². The van der Waals surface area contributed by atoms with Crippen molar-refractivity contribution in [1.82, 2.24) is 20.4 Å². The lowest BCUT2D eigenvalue weighted by molar-refractivity contribution is 0.0950. The first-order chi connectivity index (χ1) is 12.1. The van der Waals surface area contributed by atoms with Crippen LogP contribution in [0.1, 0.15) is 46.6 Å². The summed E-state index contributed by atoms with van der Waals surface area (Å²) in [6.07, 6.45) is 3.56. The fourth-order valence-electron chi connectivity index (χ4n) is 3.43. The van der Waals surface area contributed by atoms with Crippen LogP contribution in [0.25, 0.3) is 0 Å². The Morgan fingerprint density at radius 1 is 1.32 bits per heavy atom. The quantitative estimate of drug-likeness (QED) is 0.850. The monoisotopic (exact) mass is 340 g/mol. The van der Waals surface area contributed by atoms with Crippen molar-refractivity contribution in [3.63, 3.8) is 0 Å². The Labute approximate surface area is 149 Å². The van der Waals surface area contributed by atoms with Gasteiger partial charge in [0.05, 0.1) is 12.2 Å². The van der Waals surface area contributed by atoms with E-state index in [1.54, 1.807) is 0 Å². The molecule has 2 N–H and O–H groups in total. The van der Waals surface area contributed by atoms with E-state index in [0.29, 0.717) is 5.92 Å². The van der Waals surface area contributed by atoms with Crippen LogP contribution in [0.2, 0.25) is 0 Å². The molecule has 1 saturated heterocycles. The number of rotatable bonds is 6. The van der Waals surface area contributed by atoms with Gasteiger partial charge in [-0.1, -0.05) is 12.1 Å². The molecule has 1 atom stereocenters. The number of carbonyl (C=O) groups excluding carboxylic acids is 1. The first kappa shape index (κ1) is 17.7. The van der Waals surface area contributed by atoms with Gasteiger partial charge in [0.25, 0.3) is 5.91 Å². The molecule has 2 aromatic rings. The van der Waals surface area contributed by atoms with Crippen LogP contribution in [0.5, 0.6) is 0 Å². The molecule has 0 spiro atoms. The summed E-state index contributed by atoms with van der Waals surface area (Å²) in [5, 5.41) is 10.9. The van der Waals surface area contributed by atoms with E-state index in [1.165, 1.54) is 12.8 Å². The predicted molar refractivity (Wildman–Crippen MR) is 99.8 cm³/mol. The minimum atomic E-state index is 0.0152. The molecule has 2 heterocycles. The Bertz CT molecular complexity index is 699. The number of nitrogens with one attached hydrogen (secondary N) is 2. The van der Waals surface area contributed by atoms with E-state index in [9.17, 15) is 4.79 Å². The van der Waals surface area contributed by atoms with Crippen molar-refractivity contribution in [1.29, 1.82) is 0 Å². The Kier molecular flexibility index (Phi) is 5.87. The smallest absolute Gasteiger partial charge is 0.251 e. The number of aromatic nitrogens is 2. The SMILES string of the molecule is Cc1cc(C)n(Cc2ccc(C(=O)NCCC3CCCNC3)cc2)n1. The Hall–Kier alpha value is -2.14. The predicted octanol–water partition coefficient (Wildman–Crippen LogP) is 2.67. The van der Waals surface area contributed by atoms with Crippen LogP contribution in [0.3, 0.4) is 0 Å². The Morgan fingerprint density at radius 3 is 2.76 bits per heavy atom. The van der Waals surface area contributed by atoms with E-state index in [4.69, 9.17) is 0 Å². The summed E-state index contributed by atoms with van der Waals surface area (Å²) in [5.41, 5.74) is 4.05. The number of benzene rings is 1. The number of amides is 1. The molecule has 1 aliphatic heterocycles. The highest BCUT2D eigenvalue weighted by atomic mass is 16.1. The molecule has 1 aliphatic rings. The van der Waals surface area contributed by atoms with Crippen molar-refractivity contribution in [2.45, 2.75) is 39.7 Å². The fraction of sp³-hybridized carbons (Fsp3) is 0.500. The van der Waals surface area contributed by atoms with Gasteiger partial charge in [0, 0.05) is 17.8 Å². The van der Waals surface area contributed by atoms with E-state index in [2.05, 4.69) is 28.7 Å². The molecule has 1 fully saturated rings. The second kappa shape index (κ2) is 8.30. The van der Waals surface area contributed by atoms with E-state index in [-0.39, 0.29) is 5.91 Å². The third-order valence-corrected chi connectivity index (χ3v) is 4.89. The van der Waals surface area contributed by atoms with Crippen LogP contribution in [-0.2, 0) is 6.54 Å². The molecule has 0 radical (unpaired) electrons. The summed E-state index contributed by atoms with van der Waals surface area (Å²) < 4.78 is 1.99. The highest BCUT2D eigenvalue weighted by Crippen LogP contribution is 2.13. The fourth-order valence-corrected chi connectivity index (χ4v) is 3.43. The number of carbonyl (C=O) groups is 1. The van der Waals surface area contributed by atoms with E-state index < -0.39 is 0 Å². The van der Waals surface area contributed by atoms with Crippen LogP contribution >= 0.6 is 0 Å². The average Bonchev–Trinajstić information content (AvgIpc) is 2.93. The molecule has 5 nitrogen and oxygen atoms in total. The Morgan fingerprint density at radius 2 is 2.12 bits per heavy atom. The molecule has 134 valence electrons. The largest absolute Gasteiger partial charge is 0.352 e. The minimum absolute atomic E-state index is 0.0152. The zero-order chi connectivity index (χ0) is 17.6. The van der Waals surface area contributed by atoms with Gasteiger partial charge in [-0.2, -0.15) is 5.10 Å². The molecule has 1 amide bonds. The molecule has 0 aliphatic carbocycles. The van der Waals surface area contributed by atoms with Crippen molar-refractivity contribution in [3.05, 3.63) is 52.8 Å². The van der Waals surface area contributed by atoms with Gasteiger partial charge in [-0.25, -0.2) is 0 Å². The molecule has 3 rings (SSSR count). The minimum Gasteiger partial charge on any atom is -0.352 e. The molecule has 0 bridgehead atoms. The lowest BCUT2D eigenvalue weighted by atomic mass is 9.96. The highest BCUT2D eigenvalue weighted by molar-refractivity contribution is 5.94. The standard InChI is InChI=1S/C20H28N4O/c1-15-12-16(2)24(23-15)14-18-5-7-19(8-6-18)20(25)22-11-9-17-4-3-10-21-13-17/h5-8,12,17,21H,3-4,9-11,13-14H2,1-2H3,(H,22,25). The first-order valence-corrected chi connectivity index (χ1v) is 9.21. The summed E-state index contributed by atoms with van der Waals surface area (Å²) in [6, 6.07) is 9.90.